The van der Waals surface area contributed by atoms with Gasteiger partial charge in [0.1, 0.15) is 0 Å². The van der Waals surface area contributed by atoms with E-state index < -0.39 is 0 Å². The number of hydrogen-bond acceptors (Lipinski definition) is 4. The van der Waals surface area contributed by atoms with Crippen LogP contribution in [0.3, 0.4) is 0 Å². The molecule has 1 aliphatic heterocycles. The highest BCUT2D eigenvalue weighted by Crippen LogP contribution is 2.38. The molecule has 0 radical (unpaired) electrons. The van der Waals surface area contributed by atoms with E-state index in [1.807, 2.05) is 14.1 Å². The maximum absolute atomic E-state index is 12.9. The van der Waals surface area contributed by atoms with Gasteiger partial charge in [0.25, 0.3) is 0 Å². The fourth-order valence-corrected chi connectivity index (χ4v) is 4.88. The van der Waals surface area contributed by atoms with E-state index in [1.54, 1.807) is 4.90 Å². The first-order valence-corrected chi connectivity index (χ1v) is 12.1. The second-order valence-electron chi connectivity index (χ2n) is 9.47. The van der Waals surface area contributed by atoms with Gasteiger partial charge in [0, 0.05) is 46.8 Å². The Balaban J connectivity index is 0.00000385. The van der Waals surface area contributed by atoms with Gasteiger partial charge in [-0.25, -0.2) is 4.99 Å². The molecule has 1 heterocycles. The van der Waals surface area contributed by atoms with E-state index in [0.717, 1.165) is 64.4 Å². The predicted molar refractivity (Wildman–Crippen MR) is 145 cm³/mol. The average molecular weight is 572 g/mol. The van der Waals surface area contributed by atoms with Gasteiger partial charge in [0.2, 0.25) is 5.91 Å². The number of rotatable bonds is 8. The zero-order valence-electron chi connectivity index (χ0n) is 20.7. The third-order valence-electron chi connectivity index (χ3n) is 6.50. The molecular formula is C25H42IN5O2. The van der Waals surface area contributed by atoms with Crippen LogP contribution < -0.4 is 10.6 Å². The second-order valence-corrected chi connectivity index (χ2v) is 9.47. The van der Waals surface area contributed by atoms with Crippen LogP contribution in [0.25, 0.3) is 0 Å². The van der Waals surface area contributed by atoms with Crippen LogP contribution in [-0.4, -0.2) is 74.7 Å². The molecule has 1 aromatic carbocycles. The number of aliphatic imine (C=N–C) groups is 1. The summed E-state index contributed by atoms with van der Waals surface area (Å²) >= 11 is 0. The van der Waals surface area contributed by atoms with E-state index in [2.05, 4.69) is 53.6 Å². The Kier molecular flexibility index (Phi) is 11.4. The Bertz CT molecular complexity index is 780. The predicted octanol–water partition coefficient (Wildman–Crippen LogP) is 3.23. The van der Waals surface area contributed by atoms with E-state index in [1.165, 1.54) is 11.1 Å². The molecule has 186 valence electrons. The van der Waals surface area contributed by atoms with Crippen LogP contribution in [0.1, 0.15) is 50.7 Å². The number of hydrogen-bond donors (Lipinski definition) is 2. The van der Waals surface area contributed by atoms with E-state index in [9.17, 15) is 4.79 Å². The Morgan fingerprint density at radius 2 is 1.97 bits per heavy atom. The van der Waals surface area contributed by atoms with Crippen LogP contribution in [0.2, 0.25) is 0 Å². The first-order valence-electron chi connectivity index (χ1n) is 12.1. The molecule has 1 amide bonds. The highest BCUT2D eigenvalue weighted by atomic mass is 127. The number of guanidine groups is 1. The topological polar surface area (TPSA) is 69.2 Å². The molecule has 1 aliphatic carbocycles. The quantitative estimate of drug-likeness (QED) is 0.285. The molecule has 2 aliphatic rings. The number of nitrogens with one attached hydrogen (secondary N) is 2. The van der Waals surface area contributed by atoms with Gasteiger partial charge in [-0.1, -0.05) is 37.1 Å². The lowest BCUT2D eigenvalue weighted by Crippen LogP contribution is -2.49. The minimum absolute atomic E-state index is 0. The zero-order valence-corrected chi connectivity index (χ0v) is 23.1. The van der Waals surface area contributed by atoms with Crippen molar-refractivity contribution in [3.8, 4) is 0 Å². The molecule has 1 unspecified atom stereocenters. The van der Waals surface area contributed by atoms with Gasteiger partial charge < -0.3 is 20.3 Å². The molecule has 1 saturated carbocycles. The molecule has 2 N–H and O–H groups in total. The summed E-state index contributed by atoms with van der Waals surface area (Å²) in [6.07, 6.45) is 4.41. The molecular weight excluding hydrogens is 529 g/mol. The number of halogens is 1. The molecule has 3 rings (SSSR count). The number of amides is 1. The van der Waals surface area contributed by atoms with E-state index >= 15 is 0 Å². The summed E-state index contributed by atoms with van der Waals surface area (Å²) in [6.45, 7) is 9.93. The Morgan fingerprint density at radius 1 is 1.24 bits per heavy atom. The van der Waals surface area contributed by atoms with Crippen molar-refractivity contribution in [2.75, 3.05) is 46.9 Å². The summed E-state index contributed by atoms with van der Waals surface area (Å²) in [5, 5.41) is 6.80. The van der Waals surface area contributed by atoms with Crippen LogP contribution in [0, 0.1) is 5.41 Å². The molecule has 7 nitrogen and oxygen atoms in total. The third kappa shape index (κ3) is 8.10. The molecule has 0 spiro atoms. The van der Waals surface area contributed by atoms with Crippen molar-refractivity contribution < 1.29 is 9.53 Å². The lowest BCUT2D eigenvalue weighted by atomic mass is 9.84. The molecule has 1 saturated heterocycles. The highest BCUT2D eigenvalue weighted by molar-refractivity contribution is 14.0. The third-order valence-corrected chi connectivity index (χ3v) is 6.50. The number of benzene rings is 1. The summed E-state index contributed by atoms with van der Waals surface area (Å²) in [4.78, 5) is 21.9. The van der Waals surface area contributed by atoms with E-state index in [0.29, 0.717) is 19.2 Å². The van der Waals surface area contributed by atoms with E-state index in [4.69, 9.17) is 9.73 Å². The fraction of sp³-hybridized carbons (Fsp3) is 0.680. The number of ether oxygens (including phenoxy) is 1. The van der Waals surface area contributed by atoms with Crippen molar-refractivity contribution in [2.24, 2.45) is 10.4 Å². The molecule has 2 fully saturated rings. The number of carbonyl (C=O) groups excluding carboxylic acids is 1. The summed E-state index contributed by atoms with van der Waals surface area (Å²) in [5.41, 5.74) is 2.20. The van der Waals surface area contributed by atoms with Crippen molar-refractivity contribution in [3.05, 3.63) is 35.4 Å². The van der Waals surface area contributed by atoms with Gasteiger partial charge in [-0.3, -0.25) is 9.69 Å². The Labute approximate surface area is 216 Å². The largest absolute Gasteiger partial charge is 0.376 e. The SMILES string of the molecule is CCNC(=NCc1cccc(CN2CCOC(C)C2)c1)NCC1(C(=O)N(C)C)CCCC1.I. The molecule has 33 heavy (non-hydrogen) atoms. The first-order chi connectivity index (χ1) is 15.4. The van der Waals surface area contributed by atoms with Crippen molar-refractivity contribution in [2.45, 2.75) is 58.7 Å². The normalized spacial score (nSPS) is 20.7. The summed E-state index contributed by atoms with van der Waals surface area (Å²) < 4.78 is 5.65. The zero-order chi connectivity index (χ0) is 23.0. The summed E-state index contributed by atoms with van der Waals surface area (Å²) in [7, 11) is 3.71. The van der Waals surface area contributed by atoms with Crippen molar-refractivity contribution >= 4 is 35.8 Å². The van der Waals surface area contributed by atoms with Gasteiger partial charge in [0.15, 0.2) is 5.96 Å². The molecule has 1 atom stereocenters. The molecule has 0 aromatic heterocycles. The minimum atomic E-state index is -0.311. The maximum Gasteiger partial charge on any atom is 0.230 e. The number of carbonyl (C=O) groups is 1. The lowest BCUT2D eigenvalue weighted by Gasteiger charge is -2.31. The maximum atomic E-state index is 12.9. The van der Waals surface area contributed by atoms with Crippen LogP contribution in [0.5, 0.6) is 0 Å². The Hall–Kier alpha value is -1.39. The number of nitrogens with zero attached hydrogens (tertiary/aromatic N) is 3. The molecule has 1 aromatic rings. The van der Waals surface area contributed by atoms with Crippen molar-refractivity contribution in [1.29, 1.82) is 0 Å². The molecule has 0 bridgehead atoms. The van der Waals surface area contributed by atoms with Crippen LogP contribution in [0.4, 0.5) is 0 Å². The van der Waals surface area contributed by atoms with Crippen molar-refractivity contribution in [1.82, 2.24) is 20.4 Å². The van der Waals surface area contributed by atoms with E-state index in [-0.39, 0.29) is 35.3 Å². The van der Waals surface area contributed by atoms with Gasteiger partial charge >= 0.3 is 0 Å². The average Bonchev–Trinajstić information content (AvgIpc) is 3.25. The Morgan fingerprint density at radius 3 is 2.64 bits per heavy atom. The monoisotopic (exact) mass is 571 g/mol. The van der Waals surface area contributed by atoms with Crippen LogP contribution in [0.15, 0.2) is 29.3 Å². The van der Waals surface area contributed by atoms with Crippen molar-refractivity contribution in [3.63, 3.8) is 0 Å². The van der Waals surface area contributed by atoms with Gasteiger partial charge in [-0.2, -0.15) is 0 Å². The van der Waals surface area contributed by atoms with Gasteiger partial charge in [-0.05, 0) is 37.8 Å². The standard InChI is InChI=1S/C25H41N5O2.HI/c1-5-26-24(28-19-25(11-6-7-12-25)23(31)29(3)4)27-16-21-9-8-10-22(15-21)18-30-13-14-32-20(2)17-30;/h8-10,15,20H,5-7,11-14,16-19H2,1-4H3,(H2,26,27,28);1H. The minimum Gasteiger partial charge on any atom is -0.376 e. The fourth-order valence-electron chi connectivity index (χ4n) is 4.88. The summed E-state index contributed by atoms with van der Waals surface area (Å²) in [5.74, 6) is 1.00. The van der Waals surface area contributed by atoms with Crippen LogP contribution in [-0.2, 0) is 22.6 Å². The lowest BCUT2D eigenvalue weighted by molar-refractivity contribution is -0.138. The smallest absolute Gasteiger partial charge is 0.230 e. The van der Waals surface area contributed by atoms with Crippen LogP contribution >= 0.6 is 24.0 Å². The number of morpholine rings is 1. The second kappa shape index (κ2) is 13.5. The molecule has 8 heteroatoms. The highest BCUT2D eigenvalue weighted by Gasteiger charge is 2.42. The summed E-state index contributed by atoms with van der Waals surface area (Å²) in [6, 6.07) is 8.69. The van der Waals surface area contributed by atoms with Gasteiger partial charge in [0.05, 0.1) is 24.7 Å². The first kappa shape index (κ1) is 27.9. The van der Waals surface area contributed by atoms with Gasteiger partial charge in [-0.15, -0.1) is 24.0 Å².